The van der Waals surface area contributed by atoms with Crippen LogP contribution in [0.5, 0.6) is 0 Å². The second-order valence-corrected chi connectivity index (χ2v) is 7.47. The van der Waals surface area contributed by atoms with Gasteiger partial charge in [0.25, 0.3) is 10.0 Å². The lowest BCUT2D eigenvalue weighted by molar-refractivity contribution is -0.330. The van der Waals surface area contributed by atoms with Crippen molar-refractivity contribution in [3.63, 3.8) is 0 Å². The average Bonchev–Trinajstić information content (AvgIpc) is 2.59. The van der Waals surface area contributed by atoms with Crippen LogP contribution in [-0.4, -0.2) is 36.9 Å². The van der Waals surface area contributed by atoms with Crippen molar-refractivity contribution in [2.75, 3.05) is 4.72 Å². The van der Waals surface area contributed by atoms with Crippen LogP contribution in [0.25, 0.3) is 0 Å². The predicted octanol–water partition coefficient (Wildman–Crippen LogP) is 3.57. The maximum absolute atomic E-state index is 12.6. The molecule has 0 aliphatic heterocycles. The summed E-state index contributed by atoms with van der Waals surface area (Å²) in [6.45, 7) is -1.03. The van der Waals surface area contributed by atoms with Crippen LogP contribution < -0.4 is 4.72 Å². The van der Waals surface area contributed by atoms with Crippen molar-refractivity contribution in [2.24, 2.45) is 0 Å². The monoisotopic (exact) mass is 453 g/mol. The van der Waals surface area contributed by atoms with Crippen LogP contribution in [0.2, 0.25) is 5.02 Å². The minimum atomic E-state index is -4.95. The molecule has 2 aromatic carbocycles. The second kappa shape index (κ2) is 8.27. The number of carboxylic acids is 2. The van der Waals surface area contributed by atoms with Crippen molar-refractivity contribution in [1.82, 2.24) is 0 Å². The summed E-state index contributed by atoms with van der Waals surface area (Å²) in [4.78, 5) is 21.7. The maximum atomic E-state index is 12.6. The normalized spacial score (nSPS) is 11.9. The SMILES string of the molecule is O=C(O)c1ccc(NS(=O)(=O)c2cccc(COC(F)(F)F)c2Cl)cc1C(=O)O. The van der Waals surface area contributed by atoms with Gasteiger partial charge in [0.2, 0.25) is 0 Å². The van der Waals surface area contributed by atoms with E-state index in [-0.39, 0.29) is 11.3 Å². The Morgan fingerprint density at radius 2 is 1.69 bits per heavy atom. The molecule has 0 spiro atoms. The van der Waals surface area contributed by atoms with E-state index in [4.69, 9.17) is 21.8 Å². The smallest absolute Gasteiger partial charge is 0.478 e. The van der Waals surface area contributed by atoms with Crippen LogP contribution in [-0.2, 0) is 21.4 Å². The van der Waals surface area contributed by atoms with E-state index in [0.29, 0.717) is 0 Å². The van der Waals surface area contributed by atoms with Crippen molar-refractivity contribution in [1.29, 1.82) is 0 Å². The molecule has 0 radical (unpaired) electrons. The number of alkyl halides is 3. The zero-order valence-corrected chi connectivity index (χ0v) is 15.6. The van der Waals surface area contributed by atoms with Crippen LogP contribution in [0.3, 0.4) is 0 Å². The zero-order valence-electron chi connectivity index (χ0n) is 14.0. The van der Waals surface area contributed by atoms with Crippen molar-refractivity contribution in [3.8, 4) is 0 Å². The Labute approximate surface area is 166 Å². The molecule has 13 heteroatoms. The third-order valence-corrected chi connectivity index (χ3v) is 5.44. The van der Waals surface area contributed by atoms with Gasteiger partial charge in [-0.25, -0.2) is 18.0 Å². The van der Waals surface area contributed by atoms with Crippen LogP contribution in [0.1, 0.15) is 26.3 Å². The Hall–Kier alpha value is -2.83. The molecule has 0 aliphatic rings. The summed E-state index contributed by atoms with van der Waals surface area (Å²) in [5.41, 5.74) is -1.78. The Morgan fingerprint density at radius 3 is 2.24 bits per heavy atom. The number of ether oxygens (including phenoxy) is 1. The topological polar surface area (TPSA) is 130 Å². The Kier molecular flexibility index (Phi) is 6.40. The molecule has 0 saturated carbocycles. The summed E-state index contributed by atoms with van der Waals surface area (Å²) in [7, 11) is -4.45. The van der Waals surface area contributed by atoms with Crippen molar-refractivity contribution in [3.05, 3.63) is 58.1 Å². The number of rotatable bonds is 7. The number of halogens is 4. The highest BCUT2D eigenvalue weighted by atomic mass is 35.5. The lowest BCUT2D eigenvalue weighted by Gasteiger charge is -2.14. The van der Waals surface area contributed by atoms with Crippen molar-refractivity contribution in [2.45, 2.75) is 17.9 Å². The maximum Gasteiger partial charge on any atom is 0.522 e. The fourth-order valence-electron chi connectivity index (χ4n) is 2.22. The van der Waals surface area contributed by atoms with Gasteiger partial charge in [-0.05, 0) is 29.8 Å². The number of nitrogens with one attached hydrogen (secondary N) is 1. The quantitative estimate of drug-likeness (QED) is 0.584. The lowest BCUT2D eigenvalue weighted by Crippen LogP contribution is -2.16. The summed E-state index contributed by atoms with van der Waals surface area (Å²) < 4.78 is 67.4. The van der Waals surface area contributed by atoms with Crippen LogP contribution in [0, 0.1) is 0 Å². The van der Waals surface area contributed by atoms with Crippen molar-refractivity contribution < 1.29 is 46.1 Å². The van der Waals surface area contributed by atoms with Crippen LogP contribution in [0.15, 0.2) is 41.3 Å². The molecule has 0 unspecified atom stereocenters. The molecule has 8 nitrogen and oxygen atoms in total. The van der Waals surface area contributed by atoms with Crippen LogP contribution >= 0.6 is 11.6 Å². The Balaban J connectivity index is 2.38. The number of benzene rings is 2. The summed E-state index contributed by atoms with van der Waals surface area (Å²) in [5, 5.41) is 17.5. The van der Waals surface area contributed by atoms with Gasteiger partial charge in [-0.15, -0.1) is 13.2 Å². The highest BCUT2D eigenvalue weighted by Crippen LogP contribution is 2.30. The third-order valence-electron chi connectivity index (χ3n) is 3.46. The number of anilines is 1. The van der Waals surface area contributed by atoms with Gasteiger partial charge in [-0.2, -0.15) is 0 Å². The first kappa shape index (κ1) is 22.5. The minimum absolute atomic E-state index is 0.251. The number of hydrogen-bond acceptors (Lipinski definition) is 5. The van der Waals surface area contributed by atoms with Gasteiger partial charge in [0.05, 0.1) is 22.8 Å². The van der Waals surface area contributed by atoms with Crippen LogP contribution in [0.4, 0.5) is 18.9 Å². The molecule has 0 bridgehead atoms. The Bertz CT molecular complexity index is 1070. The third kappa shape index (κ3) is 5.59. The lowest BCUT2D eigenvalue weighted by atomic mass is 10.1. The molecule has 0 aliphatic carbocycles. The minimum Gasteiger partial charge on any atom is -0.478 e. The standard InChI is InChI=1S/C16H11ClF3NO7S/c17-13-8(7-28-16(18,19)20)2-1-3-12(13)29(26,27)21-9-4-5-10(14(22)23)11(6-9)15(24)25/h1-6,21H,7H2,(H,22,23)(H,24,25). The molecule has 0 heterocycles. The van der Waals surface area contributed by atoms with E-state index in [1.165, 1.54) is 0 Å². The molecule has 0 saturated heterocycles. The van der Waals surface area contributed by atoms with E-state index in [1.807, 2.05) is 4.72 Å². The number of sulfonamides is 1. The fourth-order valence-corrected chi connectivity index (χ4v) is 3.87. The molecule has 0 aromatic heterocycles. The number of carbonyl (C=O) groups is 2. The molecule has 0 amide bonds. The van der Waals surface area contributed by atoms with Gasteiger partial charge in [0.15, 0.2) is 0 Å². The largest absolute Gasteiger partial charge is 0.522 e. The second-order valence-electron chi connectivity index (χ2n) is 5.44. The molecule has 156 valence electrons. The highest BCUT2D eigenvalue weighted by molar-refractivity contribution is 7.92. The molecule has 0 atom stereocenters. The van der Waals surface area contributed by atoms with E-state index in [1.54, 1.807) is 0 Å². The number of carboxylic acid groups (broad SMARTS) is 2. The summed E-state index contributed by atoms with van der Waals surface area (Å²) in [5.74, 6) is -3.13. The van der Waals surface area contributed by atoms with Gasteiger partial charge < -0.3 is 10.2 Å². The predicted molar refractivity (Wildman–Crippen MR) is 93.5 cm³/mol. The Morgan fingerprint density at radius 1 is 1.07 bits per heavy atom. The molecule has 2 rings (SSSR count). The van der Waals surface area contributed by atoms with E-state index in [0.717, 1.165) is 36.4 Å². The molecular formula is C16H11ClF3NO7S. The summed E-state index contributed by atoms with van der Waals surface area (Å²) in [6, 6.07) is 5.99. The van der Waals surface area contributed by atoms with Gasteiger partial charge >= 0.3 is 18.3 Å². The first-order valence-electron chi connectivity index (χ1n) is 7.43. The highest BCUT2D eigenvalue weighted by Gasteiger charge is 2.30. The fraction of sp³-hybridized carbons (Fsp3) is 0.125. The first-order chi connectivity index (χ1) is 13.3. The summed E-state index contributed by atoms with van der Waals surface area (Å²) in [6.07, 6.45) is -4.95. The van der Waals surface area contributed by atoms with E-state index < -0.39 is 56.0 Å². The van der Waals surface area contributed by atoms with Gasteiger partial charge in [-0.3, -0.25) is 9.46 Å². The van der Waals surface area contributed by atoms with E-state index in [9.17, 15) is 31.2 Å². The number of hydrogen-bond donors (Lipinski definition) is 3. The van der Waals surface area contributed by atoms with Gasteiger partial charge in [0.1, 0.15) is 4.90 Å². The molecule has 3 N–H and O–H groups in total. The van der Waals surface area contributed by atoms with E-state index >= 15 is 0 Å². The first-order valence-corrected chi connectivity index (χ1v) is 9.29. The molecule has 29 heavy (non-hydrogen) atoms. The molecule has 2 aromatic rings. The van der Waals surface area contributed by atoms with Crippen molar-refractivity contribution >= 4 is 39.3 Å². The van der Waals surface area contributed by atoms with E-state index in [2.05, 4.69) is 4.74 Å². The number of aromatic carboxylic acids is 2. The van der Waals surface area contributed by atoms with Gasteiger partial charge in [0, 0.05) is 5.69 Å². The van der Waals surface area contributed by atoms with Gasteiger partial charge in [-0.1, -0.05) is 23.7 Å². The summed E-state index contributed by atoms with van der Waals surface area (Å²) >= 11 is 5.90. The zero-order chi connectivity index (χ0) is 22.0. The average molecular weight is 454 g/mol. The molecule has 0 fully saturated rings. The molecular weight excluding hydrogens is 443 g/mol.